The van der Waals surface area contributed by atoms with Crippen LogP contribution >= 0.6 is 0 Å². The predicted molar refractivity (Wildman–Crippen MR) is 102 cm³/mol. The van der Waals surface area contributed by atoms with E-state index in [0.717, 1.165) is 31.5 Å². The minimum absolute atomic E-state index is 0.0393. The van der Waals surface area contributed by atoms with Gasteiger partial charge in [0.2, 0.25) is 11.8 Å². The summed E-state index contributed by atoms with van der Waals surface area (Å²) in [6.07, 6.45) is 1.38. The molecular weight excluding hydrogens is 344 g/mol. The molecule has 1 atom stereocenters. The SMILES string of the molecule is CC(c1nnc(-c2ccccc2)o1)N1CCC(NC(=O)OC(C)(C)C)CC1. The summed E-state index contributed by atoms with van der Waals surface area (Å²) >= 11 is 0. The van der Waals surface area contributed by atoms with Crippen molar-refractivity contribution in [2.75, 3.05) is 13.1 Å². The zero-order valence-electron chi connectivity index (χ0n) is 16.4. The van der Waals surface area contributed by atoms with E-state index in [1.165, 1.54) is 0 Å². The molecule has 1 fully saturated rings. The van der Waals surface area contributed by atoms with Gasteiger partial charge in [-0.25, -0.2) is 4.79 Å². The molecular formula is C20H28N4O3. The van der Waals surface area contributed by atoms with E-state index in [-0.39, 0.29) is 18.2 Å². The van der Waals surface area contributed by atoms with Crippen LogP contribution in [0.15, 0.2) is 34.7 Å². The van der Waals surface area contributed by atoms with Gasteiger partial charge in [0.05, 0.1) is 6.04 Å². The van der Waals surface area contributed by atoms with Crippen molar-refractivity contribution in [3.8, 4) is 11.5 Å². The van der Waals surface area contributed by atoms with Gasteiger partial charge in [-0.1, -0.05) is 18.2 Å². The summed E-state index contributed by atoms with van der Waals surface area (Å²) in [5.41, 5.74) is 0.442. The average Bonchev–Trinajstić information content (AvgIpc) is 3.11. The maximum Gasteiger partial charge on any atom is 0.407 e. The van der Waals surface area contributed by atoms with Gasteiger partial charge in [-0.15, -0.1) is 10.2 Å². The molecule has 2 heterocycles. The molecule has 1 N–H and O–H groups in total. The molecule has 2 aromatic rings. The van der Waals surface area contributed by atoms with Crippen molar-refractivity contribution < 1.29 is 13.9 Å². The van der Waals surface area contributed by atoms with Gasteiger partial charge in [-0.3, -0.25) is 4.90 Å². The van der Waals surface area contributed by atoms with Gasteiger partial charge in [-0.2, -0.15) is 0 Å². The van der Waals surface area contributed by atoms with E-state index in [1.54, 1.807) is 0 Å². The van der Waals surface area contributed by atoms with Crippen LogP contribution < -0.4 is 5.32 Å². The van der Waals surface area contributed by atoms with Gasteiger partial charge >= 0.3 is 6.09 Å². The lowest BCUT2D eigenvalue weighted by atomic mass is 10.0. The summed E-state index contributed by atoms with van der Waals surface area (Å²) in [7, 11) is 0. The lowest BCUT2D eigenvalue weighted by molar-refractivity contribution is 0.0465. The summed E-state index contributed by atoms with van der Waals surface area (Å²) in [5, 5.41) is 11.4. The molecule has 3 rings (SSSR count). The monoisotopic (exact) mass is 372 g/mol. The second kappa shape index (κ2) is 8.08. The van der Waals surface area contributed by atoms with Crippen LogP contribution in [0, 0.1) is 0 Å². The first-order valence-corrected chi connectivity index (χ1v) is 9.44. The van der Waals surface area contributed by atoms with Crippen molar-refractivity contribution in [2.24, 2.45) is 0 Å². The Balaban J connectivity index is 1.52. The molecule has 1 unspecified atom stereocenters. The normalized spacial score (nSPS) is 17.5. The number of hydrogen-bond donors (Lipinski definition) is 1. The molecule has 1 saturated heterocycles. The standard InChI is InChI=1S/C20H28N4O3/c1-14(17-22-23-18(26-17)15-8-6-5-7-9-15)24-12-10-16(11-13-24)21-19(25)27-20(2,3)4/h5-9,14,16H,10-13H2,1-4H3,(H,21,25). The van der Waals surface area contributed by atoms with E-state index in [0.29, 0.717) is 11.8 Å². The molecule has 1 amide bonds. The lowest BCUT2D eigenvalue weighted by Gasteiger charge is -2.35. The van der Waals surface area contributed by atoms with Crippen LogP contribution in [0.3, 0.4) is 0 Å². The third-order valence-electron chi connectivity index (χ3n) is 4.62. The maximum atomic E-state index is 11.9. The molecule has 1 aromatic carbocycles. The molecule has 0 saturated carbocycles. The Bertz CT molecular complexity index is 746. The van der Waals surface area contributed by atoms with Crippen molar-refractivity contribution in [1.29, 1.82) is 0 Å². The predicted octanol–water partition coefficient (Wildman–Crippen LogP) is 3.79. The topological polar surface area (TPSA) is 80.5 Å². The number of piperidine rings is 1. The number of hydrogen-bond acceptors (Lipinski definition) is 6. The summed E-state index contributed by atoms with van der Waals surface area (Å²) in [6.45, 7) is 9.38. The Morgan fingerprint density at radius 3 is 2.52 bits per heavy atom. The van der Waals surface area contributed by atoms with E-state index in [9.17, 15) is 4.79 Å². The number of nitrogens with zero attached hydrogens (tertiary/aromatic N) is 3. The molecule has 0 aliphatic carbocycles. The number of amides is 1. The molecule has 0 bridgehead atoms. The number of alkyl carbamates (subject to hydrolysis) is 1. The van der Waals surface area contributed by atoms with Crippen molar-refractivity contribution in [3.63, 3.8) is 0 Å². The number of aromatic nitrogens is 2. The van der Waals surface area contributed by atoms with E-state index in [1.807, 2.05) is 51.1 Å². The second-order valence-electron chi connectivity index (χ2n) is 7.94. The van der Waals surface area contributed by atoms with Gasteiger partial charge in [0, 0.05) is 24.7 Å². The highest BCUT2D eigenvalue weighted by Gasteiger charge is 2.28. The quantitative estimate of drug-likeness (QED) is 0.879. The highest BCUT2D eigenvalue weighted by Crippen LogP contribution is 2.26. The van der Waals surface area contributed by atoms with Crippen LogP contribution in [0.1, 0.15) is 52.5 Å². The summed E-state index contributed by atoms with van der Waals surface area (Å²) in [5.74, 6) is 1.16. The van der Waals surface area contributed by atoms with Gasteiger partial charge in [0.1, 0.15) is 5.60 Å². The third kappa shape index (κ3) is 5.29. The average molecular weight is 372 g/mol. The third-order valence-corrected chi connectivity index (χ3v) is 4.62. The smallest absolute Gasteiger partial charge is 0.407 e. The first-order valence-electron chi connectivity index (χ1n) is 9.44. The zero-order chi connectivity index (χ0) is 19.4. The molecule has 7 heteroatoms. The first-order chi connectivity index (χ1) is 12.8. The van der Waals surface area contributed by atoms with Crippen LogP contribution in [0.5, 0.6) is 0 Å². The number of likely N-dealkylation sites (tertiary alicyclic amines) is 1. The molecule has 7 nitrogen and oxygen atoms in total. The minimum Gasteiger partial charge on any atom is -0.444 e. The van der Waals surface area contributed by atoms with Crippen molar-refractivity contribution in [2.45, 2.75) is 58.2 Å². The van der Waals surface area contributed by atoms with Crippen LogP contribution in [0.25, 0.3) is 11.5 Å². The highest BCUT2D eigenvalue weighted by atomic mass is 16.6. The van der Waals surface area contributed by atoms with Crippen molar-refractivity contribution in [3.05, 3.63) is 36.2 Å². The molecule has 1 aromatic heterocycles. The van der Waals surface area contributed by atoms with Gasteiger partial charge in [0.25, 0.3) is 0 Å². The second-order valence-corrected chi connectivity index (χ2v) is 7.94. The Morgan fingerprint density at radius 1 is 1.22 bits per heavy atom. The van der Waals surface area contributed by atoms with Gasteiger partial charge in [-0.05, 0) is 52.7 Å². The largest absolute Gasteiger partial charge is 0.444 e. The van der Waals surface area contributed by atoms with E-state index in [2.05, 4.69) is 27.3 Å². The number of nitrogens with one attached hydrogen (secondary N) is 1. The van der Waals surface area contributed by atoms with Crippen molar-refractivity contribution >= 4 is 6.09 Å². The molecule has 27 heavy (non-hydrogen) atoms. The fourth-order valence-corrected chi connectivity index (χ4v) is 3.16. The molecule has 0 spiro atoms. The Kier molecular flexibility index (Phi) is 5.79. The number of carbonyl (C=O) groups is 1. The number of carbonyl (C=O) groups excluding carboxylic acids is 1. The zero-order valence-corrected chi connectivity index (χ0v) is 16.4. The Labute approximate surface area is 160 Å². The number of rotatable bonds is 4. The van der Waals surface area contributed by atoms with Crippen LogP contribution in [0.2, 0.25) is 0 Å². The fourth-order valence-electron chi connectivity index (χ4n) is 3.16. The van der Waals surface area contributed by atoms with Crippen molar-refractivity contribution in [1.82, 2.24) is 20.4 Å². The van der Waals surface area contributed by atoms with Gasteiger partial charge < -0.3 is 14.5 Å². The number of ether oxygens (including phenoxy) is 1. The highest BCUT2D eigenvalue weighted by molar-refractivity contribution is 5.68. The lowest BCUT2D eigenvalue weighted by Crippen LogP contribution is -2.46. The fraction of sp³-hybridized carbons (Fsp3) is 0.550. The van der Waals surface area contributed by atoms with E-state index < -0.39 is 5.60 Å². The summed E-state index contributed by atoms with van der Waals surface area (Å²) < 4.78 is 11.2. The van der Waals surface area contributed by atoms with Crippen LogP contribution in [0.4, 0.5) is 4.79 Å². The Morgan fingerprint density at radius 2 is 1.89 bits per heavy atom. The van der Waals surface area contributed by atoms with Crippen LogP contribution in [-0.4, -0.2) is 45.9 Å². The maximum absolute atomic E-state index is 11.9. The summed E-state index contributed by atoms with van der Waals surface area (Å²) in [4.78, 5) is 14.2. The molecule has 146 valence electrons. The summed E-state index contributed by atoms with van der Waals surface area (Å²) in [6, 6.07) is 9.93. The molecule has 1 aliphatic heterocycles. The first kappa shape index (κ1) is 19.4. The molecule has 1 aliphatic rings. The Hall–Kier alpha value is -2.41. The minimum atomic E-state index is -0.478. The molecule has 0 radical (unpaired) electrons. The van der Waals surface area contributed by atoms with Gasteiger partial charge in [0.15, 0.2) is 0 Å². The van der Waals surface area contributed by atoms with E-state index in [4.69, 9.17) is 9.15 Å². The number of benzene rings is 1. The van der Waals surface area contributed by atoms with E-state index >= 15 is 0 Å². The van der Waals surface area contributed by atoms with Crippen LogP contribution in [-0.2, 0) is 4.74 Å².